The molecule has 0 radical (unpaired) electrons. The first-order chi connectivity index (χ1) is 11.8. The van der Waals surface area contributed by atoms with Gasteiger partial charge in [0.15, 0.2) is 0 Å². The smallest absolute Gasteiger partial charge is 0.247 e. The van der Waals surface area contributed by atoms with E-state index >= 15 is 0 Å². The Labute approximate surface area is 142 Å². The normalized spacial score (nSPS) is 17.0. The first-order valence-corrected chi connectivity index (χ1v) is 8.47. The molecule has 4 nitrogen and oxygen atoms in total. The van der Waals surface area contributed by atoms with E-state index in [4.69, 9.17) is 4.42 Å². The summed E-state index contributed by atoms with van der Waals surface area (Å²) in [6.07, 6.45) is 3.58. The molecule has 0 bridgehead atoms. The maximum absolute atomic E-state index is 5.86. The topological polar surface area (TPSA) is 42.2 Å². The third-order valence-corrected chi connectivity index (χ3v) is 4.74. The van der Waals surface area contributed by atoms with Crippen LogP contribution in [0, 0.1) is 0 Å². The van der Waals surface area contributed by atoms with Gasteiger partial charge >= 0.3 is 0 Å². The SMILES string of the molecule is CN(Cc1nnc(-c2ccccc2)o1)[C@@H]1CCCc2ccccc21. The van der Waals surface area contributed by atoms with Crippen LogP contribution >= 0.6 is 0 Å². The quantitative estimate of drug-likeness (QED) is 0.721. The average molecular weight is 319 g/mol. The number of fused-ring (bicyclic) bond motifs is 1. The lowest BCUT2D eigenvalue weighted by Gasteiger charge is -2.32. The van der Waals surface area contributed by atoms with Crippen molar-refractivity contribution in [1.82, 2.24) is 15.1 Å². The summed E-state index contributed by atoms with van der Waals surface area (Å²) in [6, 6.07) is 19.1. The summed E-state index contributed by atoms with van der Waals surface area (Å²) in [5.41, 5.74) is 3.87. The van der Waals surface area contributed by atoms with Crippen LogP contribution < -0.4 is 0 Å². The van der Waals surface area contributed by atoms with Crippen LogP contribution in [0.1, 0.15) is 35.9 Å². The molecular formula is C20H21N3O. The molecule has 4 heteroatoms. The minimum atomic E-state index is 0.419. The second-order valence-electron chi connectivity index (χ2n) is 6.39. The fraction of sp³-hybridized carbons (Fsp3) is 0.300. The monoisotopic (exact) mass is 319 g/mol. The zero-order valence-corrected chi connectivity index (χ0v) is 13.9. The van der Waals surface area contributed by atoms with E-state index in [0.29, 0.717) is 24.4 Å². The molecule has 0 amide bonds. The van der Waals surface area contributed by atoms with Crippen molar-refractivity contribution in [2.45, 2.75) is 31.8 Å². The number of nitrogens with zero attached hydrogens (tertiary/aromatic N) is 3. The van der Waals surface area contributed by atoms with Crippen LogP contribution in [0.2, 0.25) is 0 Å². The lowest BCUT2D eigenvalue weighted by atomic mass is 9.87. The van der Waals surface area contributed by atoms with Gasteiger partial charge in [0.1, 0.15) is 0 Å². The number of aryl methyl sites for hydroxylation is 1. The Kier molecular flexibility index (Phi) is 4.13. The molecule has 122 valence electrons. The minimum absolute atomic E-state index is 0.419. The van der Waals surface area contributed by atoms with Gasteiger partial charge in [-0.25, -0.2) is 0 Å². The molecule has 1 atom stereocenters. The van der Waals surface area contributed by atoms with E-state index < -0.39 is 0 Å². The van der Waals surface area contributed by atoms with Crippen molar-refractivity contribution in [3.63, 3.8) is 0 Å². The van der Waals surface area contributed by atoms with Gasteiger partial charge in [0.2, 0.25) is 11.8 Å². The number of benzene rings is 2. The van der Waals surface area contributed by atoms with Crippen LogP contribution in [-0.2, 0) is 13.0 Å². The van der Waals surface area contributed by atoms with Crippen molar-refractivity contribution < 1.29 is 4.42 Å². The first kappa shape index (κ1) is 15.1. The van der Waals surface area contributed by atoms with E-state index in [2.05, 4.69) is 46.4 Å². The van der Waals surface area contributed by atoms with Crippen LogP contribution in [0.15, 0.2) is 59.0 Å². The van der Waals surface area contributed by atoms with Gasteiger partial charge in [-0.05, 0) is 49.6 Å². The van der Waals surface area contributed by atoms with E-state index in [1.807, 2.05) is 30.3 Å². The van der Waals surface area contributed by atoms with Crippen LogP contribution in [0.4, 0.5) is 0 Å². The highest BCUT2D eigenvalue weighted by molar-refractivity contribution is 5.51. The van der Waals surface area contributed by atoms with Crippen molar-refractivity contribution in [3.05, 3.63) is 71.6 Å². The van der Waals surface area contributed by atoms with Gasteiger partial charge in [-0.3, -0.25) is 4.90 Å². The molecule has 0 saturated carbocycles. The highest BCUT2D eigenvalue weighted by Crippen LogP contribution is 2.34. The Hall–Kier alpha value is -2.46. The fourth-order valence-corrected chi connectivity index (χ4v) is 3.52. The Balaban J connectivity index is 1.51. The molecule has 3 aromatic rings. The van der Waals surface area contributed by atoms with Crippen LogP contribution in [0.3, 0.4) is 0 Å². The minimum Gasteiger partial charge on any atom is -0.419 e. The molecule has 2 aromatic carbocycles. The molecule has 0 aliphatic heterocycles. The summed E-state index contributed by atoms with van der Waals surface area (Å²) in [5, 5.41) is 8.41. The van der Waals surface area contributed by atoms with Gasteiger partial charge in [-0.2, -0.15) is 0 Å². The molecule has 0 saturated heterocycles. The zero-order chi connectivity index (χ0) is 16.4. The molecule has 24 heavy (non-hydrogen) atoms. The predicted octanol–water partition coefficient (Wildman–Crippen LogP) is 4.25. The highest BCUT2D eigenvalue weighted by Gasteiger charge is 2.24. The van der Waals surface area contributed by atoms with E-state index in [0.717, 1.165) is 5.56 Å². The molecule has 1 aliphatic carbocycles. The second kappa shape index (κ2) is 6.57. The van der Waals surface area contributed by atoms with Crippen molar-refractivity contribution in [3.8, 4) is 11.5 Å². The zero-order valence-electron chi connectivity index (χ0n) is 13.9. The Bertz CT molecular complexity index is 813. The Morgan fingerprint density at radius 1 is 1.04 bits per heavy atom. The number of aromatic nitrogens is 2. The van der Waals surface area contributed by atoms with Crippen LogP contribution in [0.25, 0.3) is 11.5 Å². The second-order valence-corrected chi connectivity index (χ2v) is 6.39. The van der Waals surface area contributed by atoms with E-state index in [-0.39, 0.29) is 0 Å². The summed E-state index contributed by atoms with van der Waals surface area (Å²) in [5.74, 6) is 1.25. The molecule has 1 aromatic heterocycles. The van der Waals surface area contributed by atoms with Gasteiger partial charge in [0.25, 0.3) is 0 Å². The Morgan fingerprint density at radius 2 is 1.83 bits per heavy atom. The maximum Gasteiger partial charge on any atom is 0.247 e. The summed E-state index contributed by atoms with van der Waals surface area (Å²) in [6.45, 7) is 0.666. The van der Waals surface area contributed by atoms with Gasteiger partial charge in [0.05, 0.1) is 6.54 Å². The van der Waals surface area contributed by atoms with Crippen LogP contribution in [-0.4, -0.2) is 22.1 Å². The summed E-state index contributed by atoms with van der Waals surface area (Å²) >= 11 is 0. The van der Waals surface area contributed by atoms with E-state index in [9.17, 15) is 0 Å². The number of hydrogen-bond acceptors (Lipinski definition) is 4. The third-order valence-electron chi connectivity index (χ3n) is 4.74. The van der Waals surface area contributed by atoms with Gasteiger partial charge < -0.3 is 4.42 Å². The maximum atomic E-state index is 5.86. The first-order valence-electron chi connectivity index (χ1n) is 8.47. The molecule has 0 fully saturated rings. The third kappa shape index (κ3) is 2.97. The molecule has 0 N–H and O–H groups in total. The summed E-state index contributed by atoms with van der Waals surface area (Å²) in [4.78, 5) is 2.32. The Morgan fingerprint density at radius 3 is 2.71 bits per heavy atom. The molecule has 4 rings (SSSR count). The predicted molar refractivity (Wildman–Crippen MR) is 93.3 cm³/mol. The van der Waals surface area contributed by atoms with Gasteiger partial charge in [-0.15, -0.1) is 10.2 Å². The summed E-state index contributed by atoms with van der Waals surface area (Å²) < 4.78 is 5.86. The fourth-order valence-electron chi connectivity index (χ4n) is 3.52. The molecule has 1 aliphatic rings. The van der Waals surface area contributed by atoms with Crippen molar-refractivity contribution in [1.29, 1.82) is 0 Å². The van der Waals surface area contributed by atoms with Crippen molar-refractivity contribution >= 4 is 0 Å². The lowest BCUT2D eigenvalue weighted by Crippen LogP contribution is -2.27. The largest absolute Gasteiger partial charge is 0.419 e. The van der Waals surface area contributed by atoms with Crippen molar-refractivity contribution in [2.24, 2.45) is 0 Å². The lowest BCUT2D eigenvalue weighted by molar-refractivity contribution is 0.195. The van der Waals surface area contributed by atoms with Gasteiger partial charge in [0, 0.05) is 11.6 Å². The van der Waals surface area contributed by atoms with E-state index in [1.165, 1.54) is 30.4 Å². The van der Waals surface area contributed by atoms with Crippen molar-refractivity contribution in [2.75, 3.05) is 7.05 Å². The molecule has 0 spiro atoms. The number of hydrogen-bond donors (Lipinski definition) is 0. The molecule has 1 heterocycles. The highest BCUT2D eigenvalue weighted by atomic mass is 16.4. The summed E-state index contributed by atoms with van der Waals surface area (Å²) in [7, 11) is 2.14. The molecule has 0 unspecified atom stereocenters. The van der Waals surface area contributed by atoms with Gasteiger partial charge in [-0.1, -0.05) is 42.5 Å². The standard InChI is InChI=1S/C20H21N3O/c1-23(18-13-7-11-15-8-5-6-12-17(15)18)14-19-21-22-20(24-19)16-9-3-2-4-10-16/h2-6,8-10,12,18H,7,11,13-14H2,1H3/t18-/m1/s1. The number of rotatable bonds is 4. The average Bonchev–Trinajstić information content (AvgIpc) is 3.10. The van der Waals surface area contributed by atoms with E-state index in [1.54, 1.807) is 0 Å². The molecular weight excluding hydrogens is 298 g/mol. The van der Waals surface area contributed by atoms with Crippen LogP contribution in [0.5, 0.6) is 0 Å².